The van der Waals surface area contributed by atoms with Gasteiger partial charge in [0.15, 0.2) is 0 Å². The first kappa shape index (κ1) is 12.1. The van der Waals surface area contributed by atoms with Gasteiger partial charge in [-0.05, 0) is 48.3 Å². The van der Waals surface area contributed by atoms with Gasteiger partial charge in [0, 0.05) is 0 Å². The van der Waals surface area contributed by atoms with Crippen LogP contribution in [0.2, 0.25) is 0 Å². The second kappa shape index (κ2) is 4.94. The minimum Gasteiger partial charge on any atom is -0.0620 e. The minimum atomic E-state index is 1.03. The summed E-state index contributed by atoms with van der Waals surface area (Å²) in [4.78, 5) is 0. The third-order valence-corrected chi connectivity index (χ3v) is 6.42. The SMILES string of the molecule is CC(C1CCCC1)C(C1CC1)C(C)C1CCC1. The summed E-state index contributed by atoms with van der Waals surface area (Å²) in [5.41, 5.74) is 0. The fourth-order valence-electron chi connectivity index (χ4n) is 4.90. The van der Waals surface area contributed by atoms with Crippen molar-refractivity contribution in [3.63, 3.8) is 0 Å². The molecule has 0 aromatic heterocycles. The van der Waals surface area contributed by atoms with E-state index in [1.54, 1.807) is 38.5 Å². The standard InChI is InChI=1S/C17H30/c1-12(14-6-3-4-7-14)17(16-10-11-16)13(2)15-8-5-9-15/h12-17H,3-11H2,1-2H3. The fraction of sp³-hybridized carbons (Fsp3) is 1.00. The first-order valence-electron chi connectivity index (χ1n) is 8.27. The quantitative estimate of drug-likeness (QED) is 0.607. The van der Waals surface area contributed by atoms with Crippen molar-refractivity contribution in [2.24, 2.45) is 35.5 Å². The van der Waals surface area contributed by atoms with Gasteiger partial charge in [0.25, 0.3) is 0 Å². The molecular formula is C17H30. The van der Waals surface area contributed by atoms with Crippen LogP contribution in [0.4, 0.5) is 0 Å². The number of hydrogen-bond acceptors (Lipinski definition) is 0. The van der Waals surface area contributed by atoms with Crippen molar-refractivity contribution in [2.45, 2.75) is 71.6 Å². The highest BCUT2D eigenvalue weighted by molar-refractivity contribution is 4.93. The first-order valence-corrected chi connectivity index (χ1v) is 8.27. The predicted molar refractivity (Wildman–Crippen MR) is 73.8 cm³/mol. The Balaban J connectivity index is 1.65. The van der Waals surface area contributed by atoms with Crippen LogP contribution in [0.5, 0.6) is 0 Å². The Morgan fingerprint density at radius 3 is 1.41 bits per heavy atom. The molecule has 0 N–H and O–H groups in total. The van der Waals surface area contributed by atoms with E-state index < -0.39 is 0 Å². The monoisotopic (exact) mass is 234 g/mol. The molecule has 0 amide bonds. The molecule has 0 heterocycles. The van der Waals surface area contributed by atoms with E-state index in [4.69, 9.17) is 0 Å². The first-order chi connectivity index (χ1) is 8.27. The van der Waals surface area contributed by atoms with E-state index >= 15 is 0 Å². The highest BCUT2D eigenvalue weighted by atomic mass is 14.5. The lowest BCUT2D eigenvalue weighted by molar-refractivity contribution is 0.0828. The second-order valence-corrected chi connectivity index (χ2v) is 7.37. The van der Waals surface area contributed by atoms with E-state index in [0.717, 1.165) is 35.5 Å². The van der Waals surface area contributed by atoms with Crippen LogP contribution in [0.1, 0.15) is 71.6 Å². The zero-order valence-corrected chi connectivity index (χ0v) is 11.8. The van der Waals surface area contributed by atoms with Gasteiger partial charge in [-0.3, -0.25) is 0 Å². The molecule has 0 radical (unpaired) electrons. The highest BCUT2D eigenvalue weighted by Crippen LogP contribution is 2.52. The van der Waals surface area contributed by atoms with Crippen LogP contribution < -0.4 is 0 Å². The number of rotatable bonds is 5. The van der Waals surface area contributed by atoms with Gasteiger partial charge < -0.3 is 0 Å². The lowest BCUT2D eigenvalue weighted by Gasteiger charge is -2.41. The van der Waals surface area contributed by atoms with Crippen molar-refractivity contribution in [2.75, 3.05) is 0 Å². The molecule has 0 nitrogen and oxygen atoms in total. The Kier molecular flexibility index (Phi) is 3.50. The summed E-state index contributed by atoms with van der Waals surface area (Å²) in [5, 5.41) is 0. The molecule has 17 heavy (non-hydrogen) atoms. The van der Waals surface area contributed by atoms with E-state index in [1.165, 1.54) is 19.3 Å². The van der Waals surface area contributed by atoms with Gasteiger partial charge in [0.2, 0.25) is 0 Å². The average Bonchev–Trinajstić information content (AvgIpc) is 2.91. The van der Waals surface area contributed by atoms with Gasteiger partial charge in [-0.15, -0.1) is 0 Å². The van der Waals surface area contributed by atoms with Crippen LogP contribution in [-0.4, -0.2) is 0 Å². The smallest absolute Gasteiger partial charge is 0.0329 e. The maximum Gasteiger partial charge on any atom is -0.0329 e. The molecular weight excluding hydrogens is 204 g/mol. The molecule has 0 aromatic carbocycles. The van der Waals surface area contributed by atoms with Gasteiger partial charge in [-0.1, -0.05) is 58.8 Å². The van der Waals surface area contributed by atoms with E-state index in [-0.39, 0.29) is 0 Å². The zero-order chi connectivity index (χ0) is 11.8. The topological polar surface area (TPSA) is 0 Å². The summed E-state index contributed by atoms with van der Waals surface area (Å²) in [6.07, 6.45) is 13.8. The van der Waals surface area contributed by atoms with Gasteiger partial charge >= 0.3 is 0 Å². The fourth-order valence-corrected chi connectivity index (χ4v) is 4.90. The van der Waals surface area contributed by atoms with E-state index in [9.17, 15) is 0 Å². The maximum atomic E-state index is 2.61. The Labute approximate surface area is 108 Å². The molecule has 0 saturated heterocycles. The third-order valence-electron chi connectivity index (χ3n) is 6.42. The molecule has 3 fully saturated rings. The van der Waals surface area contributed by atoms with E-state index in [2.05, 4.69) is 13.8 Å². The summed E-state index contributed by atoms with van der Waals surface area (Å²) in [6.45, 7) is 5.20. The maximum absolute atomic E-state index is 2.61. The Hall–Kier alpha value is 0. The zero-order valence-electron chi connectivity index (χ0n) is 11.8. The Morgan fingerprint density at radius 1 is 0.588 bits per heavy atom. The molecule has 3 rings (SSSR count). The van der Waals surface area contributed by atoms with Crippen LogP contribution in [0.3, 0.4) is 0 Å². The minimum absolute atomic E-state index is 1.03. The van der Waals surface area contributed by atoms with Crippen molar-refractivity contribution in [3.8, 4) is 0 Å². The van der Waals surface area contributed by atoms with E-state index in [0.29, 0.717) is 0 Å². The number of hydrogen-bond donors (Lipinski definition) is 0. The predicted octanol–water partition coefficient (Wildman–Crippen LogP) is 5.28. The molecule has 3 aliphatic rings. The molecule has 0 aliphatic heterocycles. The van der Waals surface area contributed by atoms with Crippen molar-refractivity contribution in [1.29, 1.82) is 0 Å². The summed E-state index contributed by atoms with van der Waals surface area (Å²) in [6, 6.07) is 0. The van der Waals surface area contributed by atoms with Crippen molar-refractivity contribution >= 4 is 0 Å². The van der Waals surface area contributed by atoms with Crippen LogP contribution >= 0.6 is 0 Å². The van der Waals surface area contributed by atoms with Crippen molar-refractivity contribution in [1.82, 2.24) is 0 Å². The summed E-state index contributed by atoms with van der Waals surface area (Å²) in [7, 11) is 0. The van der Waals surface area contributed by atoms with Crippen LogP contribution in [-0.2, 0) is 0 Å². The normalized spacial score (nSPS) is 32.1. The molecule has 0 spiro atoms. The summed E-state index contributed by atoms with van der Waals surface area (Å²) >= 11 is 0. The summed E-state index contributed by atoms with van der Waals surface area (Å²) in [5.74, 6) is 6.46. The Morgan fingerprint density at radius 2 is 1.06 bits per heavy atom. The summed E-state index contributed by atoms with van der Waals surface area (Å²) < 4.78 is 0. The van der Waals surface area contributed by atoms with Crippen LogP contribution in [0.15, 0.2) is 0 Å². The van der Waals surface area contributed by atoms with Crippen molar-refractivity contribution in [3.05, 3.63) is 0 Å². The van der Waals surface area contributed by atoms with Gasteiger partial charge in [0.05, 0.1) is 0 Å². The lowest BCUT2D eigenvalue weighted by Crippen LogP contribution is -2.33. The molecule has 3 aliphatic carbocycles. The highest BCUT2D eigenvalue weighted by Gasteiger charge is 2.43. The Bertz CT molecular complexity index is 243. The van der Waals surface area contributed by atoms with E-state index in [1.807, 2.05) is 0 Å². The largest absolute Gasteiger partial charge is 0.0620 e. The average molecular weight is 234 g/mol. The van der Waals surface area contributed by atoms with Gasteiger partial charge in [-0.25, -0.2) is 0 Å². The third kappa shape index (κ3) is 2.42. The lowest BCUT2D eigenvalue weighted by atomic mass is 9.64. The van der Waals surface area contributed by atoms with Gasteiger partial charge in [0.1, 0.15) is 0 Å². The molecule has 3 unspecified atom stereocenters. The molecule has 98 valence electrons. The molecule has 3 atom stereocenters. The van der Waals surface area contributed by atoms with Crippen molar-refractivity contribution < 1.29 is 0 Å². The van der Waals surface area contributed by atoms with Gasteiger partial charge in [-0.2, -0.15) is 0 Å². The molecule has 3 saturated carbocycles. The molecule has 0 bridgehead atoms. The van der Waals surface area contributed by atoms with Crippen LogP contribution in [0.25, 0.3) is 0 Å². The van der Waals surface area contributed by atoms with Crippen LogP contribution in [0, 0.1) is 35.5 Å². The molecule has 0 aromatic rings. The molecule has 0 heteroatoms. The second-order valence-electron chi connectivity index (χ2n) is 7.37.